The zero-order valence-electron chi connectivity index (χ0n) is 13.0. The van der Waals surface area contributed by atoms with Gasteiger partial charge in [-0.1, -0.05) is 38.1 Å². The van der Waals surface area contributed by atoms with E-state index in [2.05, 4.69) is 19.2 Å². The summed E-state index contributed by atoms with van der Waals surface area (Å²) in [5, 5.41) is 3.32. The lowest BCUT2D eigenvalue weighted by Crippen LogP contribution is -2.34. The van der Waals surface area contributed by atoms with Crippen LogP contribution in [0.2, 0.25) is 0 Å². The van der Waals surface area contributed by atoms with Crippen molar-refractivity contribution in [2.24, 2.45) is 0 Å². The van der Waals surface area contributed by atoms with Crippen molar-refractivity contribution in [1.29, 1.82) is 0 Å². The van der Waals surface area contributed by atoms with Crippen molar-refractivity contribution >= 4 is 10.0 Å². The molecule has 1 aromatic rings. The highest BCUT2D eigenvalue weighted by Crippen LogP contribution is 2.23. The van der Waals surface area contributed by atoms with E-state index in [1.54, 1.807) is 10.4 Å². The molecule has 0 saturated carbocycles. The molecule has 5 heteroatoms. The van der Waals surface area contributed by atoms with Crippen LogP contribution in [0.4, 0.5) is 0 Å². The van der Waals surface area contributed by atoms with Gasteiger partial charge in [0.15, 0.2) is 0 Å². The summed E-state index contributed by atoms with van der Waals surface area (Å²) < 4.78 is 27.1. The van der Waals surface area contributed by atoms with E-state index in [0.29, 0.717) is 30.6 Å². The van der Waals surface area contributed by atoms with Crippen molar-refractivity contribution in [3.63, 3.8) is 0 Å². The second-order valence-electron chi connectivity index (χ2n) is 5.76. The van der Waals surface area contributed by atoms with Gasteiger partial charge in [-0.3, -0.25) is 0 Å². The topological polar surface area (TPSA) is 49.4 Å². The molecule has 1 aromatic carbocycles. The second kappa shape index (κ2) is 6.73. The molecule has 0 fully saturated rings. The number of hydrogen-bond acceptors (Lipinski definition) is 3. The van der Waals surface area contributed by atoms with E-state index in [1.165, 1.54) is 0 Å². The molecule has 1 N–H and O–H groups in total. The zero-order valence-corrected chi connectivity index (χ0v) is 13.8. The Morgan fingerprint density at radius 3 is 2.67 bits per heavy atom. The summed E-state index contributed by atoms with van der Waals surface area (Å²) in [5.41, 5.74) is 1.80. The third-order valence-corrected chi connectivity index (χ3v) is 5.61. The Morgan fingerprint density at radius 2 is 2.05 bits per heavy atom. The van der Waals surface area contributed by atoms with Gasteiger partial charge in [0, 0.05) is 25.7 Å². The van der Waals surface area contributed by atoms with Gasteiger partial charge in [-0.25, -0.2) is 8.42 Å². The Bertz CT molecular complexity index is 621. The van der Waals surface area contributed by atoms with Crippen molar-refractivity contribution in [2.75, 3.05) is 13.1 Å². The Balaban J connectivity index is 2.29. The summed E-state index contributed by atoms with van der Waals surface area (Å²) in [6, 6.07) is 6.06. The molecule has 2 rings (SSSR count). The average molecular weight is 308 g/mol. The lowest BCUT2D eigenvalue weighted by molar-refractivity contribution is 0.437. The van der Waals surface area contributed by atoms with E-state index in [-0.39, 0.29) is 0 Å². The lowest BCUT2D eigenvalue weighted by Gasteiger charge is -2.24. The monoisotopic (exact) mass is 308 g/mol. The minimum Gasteiger partial charge on any atom is -0.310 e. The van der Waals surface area contributed by atoms with E-state index in [0.717, 1.165) is 17.5 Å². The number of benzene rings is 1. The van der Waals surface area contributed by atoms with Crippen LogP contribution >= 0.6 is 0 Å². The average Bonchev–Trinajstić information content (AvgIpc) is 2.47. The van der Waals surface area contributed by atoms with Crippen molar-refractivity contribution < 1.29 is 8.42 Å². The number of nitrogens with one attached hydrogen (secondary N) is 1. The maximum Gasteiger partial charge on any atom is 0.243 e. The van der Waals surface area contributed by atoms with Gasteiger partial charge in [0.1, 0.15) is 0 Å². The number of aryl methyl sites for hydroxylation is 1. The van der Waals surface area contributed by atoms with E-state index in [1.807, 2.05) is 31.2 Å². The number of rotatable bonds is 5. The van der Waals surface area contributed by atoms with Gasteiger partial charge in [0.05, 0.1) is 4.90 Å². The minimum atomic E-state index is -3.40. The Labute approximate surface area is 127 Å². The predicted molar refractivity (Wildman–Crippen MR) is 85.7 cm³/mol. The molecule has 1 aliphatic heterocycles. The van der Waals surface area contributed by atoms with Gasteiger partial charge in [-0.05, 0) is 30.5 Å². The zero-order chi connectivity index (χ0) is 15.5. The number of sulfonamides is 1. The van der Waals surface area contributed by atoms with Crippen molar-refractivity contribution in [3.8, 4) is 0 Å². The standard InChI is InChI=1S/C16H24N2O2S/c1-13(2)17-12-15-8-7-14(3)16(11-15)21(19,20)18-9-5-4-6-10-18/h4-5,7-8,11,13,17H,6,9-10,12H2,1-3H3. The molecule has 0 unspecified atom stereocenters. The maximum atomic E-state index is 12.8. The summed E-state index contributed by atoms with van der Waals surface area (Å²) in [7, 11) is -3.40. The quantitative estimate of drug-likeness (QED) is 0.850. The Morgan fingerprint density at radius 1 is 1.29 bits per heavy atom. The fourth-order valence-electron chi connectivity index (χ4n) is 2.33. The molecule has 4 nitrogen and oxygen atoms in total. The Hall–Kier alpha value is -1.17. The highest BCUT2D eigenvalue weighted by atomic mass is 32.2. The van der Waals surface area contributed by atoms with Gasteiger partial charge in [0.25, 0.3) is 0 Å². The SMILES string of the molecule is Cc1ccc(CNC(C)C)cc1S(=O)(=O)N1CC=CCC1. The van der Waals surface area contributed by atoms with Crippen molar-refractivity contribution in [1.82, 2.24) is 9.62 Å². The fourth-order valence-corrected chi connectivity index (χ4v) is 4.01. The molecule has 0 atom stereocenters. The predicted octanol–water partition coefficient (Wildman–Crippen LogP) is 2.44. The van der Waals surface area contributed by atoms with E-state index < -0.39 is 10.0 Å². The Kier molecular flexibility index (Phi) is 5.19. The number of hydrogen-bond donors (Lipinski definition) is 1. The van der Waals surface area contributed by atoms with Crippen LogP contribution in [0.15, 0.2) is 35.2 Å². The van der Waals surface area contributed by atoms with Crippen LogP contribution in [0.1, 0.15) is 31.4 Å². The van der Waals surface area contributed by atoms with Crippen LogP contribution in [0, 0.1) is 6.92 Å². The first-order chi connectivity index (χ1) is 9.91. The molecule has 0 bridgehead atoms. The third kappa shape index (κ3) is 3.93. The summed E-state index contributed by atoms with van der Waals surface area (Å²) in [6.45, 7) is 7.72. The normalized spacial score (nSPS) is 16.6. The van der Waals surface area contributed by atoms with Crippen molar-refractivity contribution in [2.45, 2.75) is 44.7 Å². The van der Waals surface area contributed by atoms with Gasteiger partial charge in [-0.15, -0.1) is 0 Å². The smallest absolute Gasteiger partial charge is 0.243 e. The molecule has 1 heterocycles. The largest absolute Gasteiger partial charge is 0.310 e. The molecular weight excluding hydrogens is 284 g/mol. The second-order valence-corrected chi connectivity index (χ2v) is 7.66. The van der Waals surface area contributed by atoms with Crippen LogP contribution in [0.5, 0.6) is 0 Å². The molecule has 0 radical (unpaired) electrons. The number of nitrogens with zero attached hydrogens (tertiary/aromatic N) is 1. The van der Waals surface area contributed by atoms with E-state index >= 15 is 0 Å². The first-order valence-electron chi connectivity index (χ1n) is 7.39. The molecule has 116 valence electrons. The van der Waals surface area contributed by atoms with Crippen molar-refractivity contribution in [3.05, 3.63) is 41.5 Å². The maximum absolute atomic E-state index is 12.8. The van der Waals surface area contributed by atoms with Gasteiger partial charge < -0.3 is 5.32 Å². The van der Waals surface area contributed by atoms with Crippen LogP contribution in [-0.4, -0.2) is 31.9 Å². The molecule has 0 saturated heterocycles. The van der Waals surface area contributed by atoms with Crippen LogP contribution in [0.3, 0.4) is 0 Å². The molecule has 1 aliphatic rings. The summed E-state index contributed by atoms with van der Waals surface area (Å²) in [5.74, 6) is 0. The highest BCUT2D eigenvalue weighted by Gasteiger charge is 2.26. The summed E-state index contributed by atoms with van der Waals surface area (Å²) in [4.78, 5) is 0.431. The van der Waals surface area contributed by atoms with Gasteiger partial charge >= 0.3 is 0 Å². The highest BCUT2D eigenvalue weighted by molar-refractivity contribution is 7.89. The first kappa shape index (κ1) is 16.2. The minimum absolute atomic E-state index is 0.374. The van der Waals surface area contributed by atoms with Gasteiger partial charge in [0.2, 0.25) is 10.0 Å². The molecule has 0 aliphatic carbocycles. The first-order valence-corrected chi connectivity index (χ1v) is 8.83. The molecule has 0 spiro atoms. The molecule has 0 aromatic heterocycles. The lowest BCUT2D eigenvalue weighted by atomic mass is 10.1. The fraction of sp³-hybridized carbons (Fsp3) is 0.500. The van der Waals surface area contributed by atoms with Crippen LogP contribution in [-0.2, 0) is 16.6 Å². The van der Waals surface area contributed by atoms with Gasteiger partial charge in [-0.2, -0.15) is 4.31 Å². The van der Waals surface area contributed by atoms with Crippen LogP contribution < -0.4 is 5.32 Å². The molecule has 21 heavy (non-hydrogen) atoms. The summed E-state index contributed by atoms with van der Waals surface area (Å²) in [6.07, 6.45) is 4.73. The molecule has 0 amide bonds. The van der Waals surface area contributed by atoms with E-state index in [9.17, 15) is 8.42 Å². The van der Waals surface area contributed by atoms with Crippen LogP contribution in [0.25, 0.3) is 0 Å². The summed E-state index contributed by atoms with van der Waals surface area (Å²) >= 11 is 0. The van der Waals surface area contributed by atoms with E-state index in [4.69, 9.17) is 0 Å². The molecular formula is C16H24N2O2S. The third-order valence-electron chi connectivity index (χ3n) is 3.61.